The molecule has 0 saturated heterocycles. The van der Waals surface area contributed by atoms with Crippen molar-refractivity contribution in [3.05, 3.63) is 18.2 Å². The minimum Gasteiger partial charge on any atom is -0.399 e. The van der Waals surface area contributed by atoms with E-state index in [2.05, 4.69) is 10.3 Å². The van der Waals surface area contributed by atoms with E-state index >= 15 is 0 Å². The minimum atomic E-state index is -0.141. The van der Waals surface area contributed by atoms with Crippen LogP contribution in [0, 0.1) is 11.3 Å². The molecule has 0 bridgehead atoms. The van der Waals surface area contributed by atoms with Crippen LogP contribution in [0.25, 0.3) is 10.2 Å². The summed E-state index contributed by atoms with van der Waals surface area (Å²) in [4.78, 5) is 18.0. The number of thiazole rings is 1. The van der Waals surface area contributed by atoms with Gasteiger partial charge in [-0.05, 0) is 25.2 Å². The second kappa shape index (κ2) is 6.32. The topological polar surface area (TPSA) is 95.0 Å². The number of aromatic nitrogens is 1. The van der Waals surface area contributed by atoms with E-state index < -0.39 is 0 Å². The summed E-state index contributed by atoms with van der Waals surface area (Å²) in [5.74, 6) is -0.141. The summed E-state index contributed by atoms with van der Waals surface area (Å²) in [6.07, 6.45) is 0.407. The third-order valence-electron chi connectivity index (χ3n) is 2.68. The average molecular weight is 289 g/mol. The first-order valence-electron chi connectivity index (χ1n) is 6.10. The molecule has 2 aromatic rings. The van der Waals surface area contributed by atoms with Crippen molar-refractivity contribution in [1.82, 2.24) is 9.88 Å². The highest BCUT2D eigenvalue weighted by Crippen LogP contribution is 2.27. The molecule has 0 aliphatic heterocycles. The maximum atomic E-state index is 11.8. The van der Waals surface area contributed by atoms with Crippen molar-refractivity contribution in [2.24, 2.45) is 0 Å². The van der Waals surface area contributed by atoms with Gasteiger partial charge in [0.2, 0.25) is 5.91 Å². The van der Waals surface area contributed by atoms with Crippen LogP contribution < -0.4 is 11.1 Å². The smallest absolute Gasteiger partial charge is 0.240 e. The van der Waals surface area contributed by atoms with Gasteiger partial charge in [-0.3, -0.25) is 9.69 Å². The van der Waals surface area contributed by atoms with Crippen molar-refractivity contribution in [3.63, 3.8) is 0 Å². The van der Waals surface area contributed by atoms with Crippen LogP contribution in [0.15, 0.2) is 18.2 Å². The number of nitrogens with zero attached hydrogens (tertiary/aromatic N) is 3. The molecule has 0 atom stereocenters. The Hall–Kier alpha value is -2.17. The number of nitrogen functional groups attached to an aromatic ring is 1. The van der Waals surface area contributed by atoms with Crippen LogP contribution in [-0.2, 0) is 4.79 Å². The number of nitrogens with two attached hydrogens (primary N) is 1. The molecule has 3 N–H and O–H groups in total. The van der Waals surface area contributed by atoms with E-state index in [1.807, 2.05) is 18.2 Å². The van der Waals surface area contributed by atoms with Gasteiger partial charge in [0.1, 0.15) is 0 Å². The minimum absolute atomic E-state index is 0.141. The molecule has 0 radical (unpaired) electrons. The monoisotopic (exact) mass is 289 g/mol. The standard InChI is InChI=1S/C13H15N5OS/c1-18(6-2-5-14)8-12(19)17-13-16-10-4-3-9(15)7-11(10)20-13/h3-4,7H,2,6,8,15H2,1H3,(H,16,17,19). The zero-order valence-corrected chi connectivity index (χ0v) is 11.9. The van der Waals surface area contributed by atoms with Crippen molar-refractivity contribution < 1.29 is 4.79 Å². The molecular weight excluding hydrogens is 274 g/mol. The third kappa shape index (κ3) is 3.66. The van der Waals surface area contributed by atoms with Crippen molar-refractivity contribution in [1.29, 1.82) is 5.26 Å². The molecule has 1 aromatic carbocycles. The quantitative estimate of drug-likeness (QED) is 0.816. The zero-order valence-electron chi connectivity index (χ0n) is 11.1. The number of rotatable bonds is 5. The molecule has 0 saturated carbocycles. The fraction of sp³-hybridized carbons (Fsp3) is 0.308. The van der Waals surface area contributed by atoms with E-state index in [0.29, 0.717) is 23.8 Å². The molecule has 104 valence electrons. The molecule has 1 amide bonds. The van der Waals surface area contributed by atoms with Crippen molar-refractivity contribution in [2.45, 2.75) is 6.42 Å². The lowest BCUT2D eigenvalue weighted by Crippen LogP contribution is -2.30. The Morgan fingerprint density at radius 2 is 2.40 bits per heavy atom. The first kappa shape index (κ1) is 14.2. The molecule has 0 unspecified atom stereocenters. The number of benzene rings is 1. The maximum Gasteiger partial charge on any atom is 0.240 e. The molecule has 6 nitrogen and oxygen atoms in total. The van der Waals surface area contributed by atoms with Crippen LogP contribution in [0.3, 0.4) is 0 Å². The van der Waals surface area contributed by atoms with Crippen molar-refractivity contribution in [2.75, 3.05) is 31.2 Å². The predicted molar refractivity (Wildman–Crippen MR) is 80.4 cm³/mol. The predicted octanol–water partition coefficient (Wildman–Crippen LogP) is 1.66. The molecule has 0 fully saturated rings. The van der Waals surface area contributed by atoms with Crippen LogP contribution in [0.4, 0.5) is 10.8 Å². The van der Waals surface area contributed by atoms with E-state index in [-0.39, 0.29) is 12.5 Å². The van der Waals surface area contributed by atoms with E-state index in [9.17, 15) is 4.79 Å². The summed E-state index contributed by atoms with van der Waals surface area (Å²) in [5.41, 5.74) is 7.20. The fourth-order valence-electron chi connectivity index (χ4n) is 1.72. The van der Waals surface area contributed by atoms with Gasteiger partial charge in [-0.1, -0.05) is 11.3 Å². The van der Waals surface area contributed by atoms with Gasteiger partial charge in [0.25, 0.3) is 0 Å². The summed E-state index contributed by atoms with van der Waals surface area (Å²) in [6, 6.07) is 7.49. The number of nitrogens with one attached hydrogen (secondary N) is 1. The lowest BCUT2D eigenvalue weighted by Gasteiger charge is -2.13. The molecule has 1 aromatic heterocycles. The highest BCUT2D eigenvalue weighted by Gasteiger charge is 2.10. The van der Waals surface area contributed by atoms with Crippen molar-refractivity contribution in [3.8, 4) is 6.07 Å². The number of carbonyl (C=O) groups is 1. The first-order chi connectivity index (χ1) is 9.58. The van der Waals surface area contributed by atoms with Crippen LogP contribution in [0.1, 0.15) is 6.42 Å². The Labute approximate surface area is 120 Å². The van der Waals surface area contributed by atoms with Gasteiger partial charge in [-0.25, -0.2) is 4.98 Å². The summed E-state index contributed by atoms with van der Waals surface area (Å²) >= 11 is 1.39. The number of fused-ring (bicyclic) bond motifs is 1. The van der Waals surface area contributed by atoms with Crippen LogP contribution in [0.2, 0.25) is 0 Å². The number of anilines is 2. The van der Waals surface area contributed by atoms with Gasteiger partial charge >= 0.3 is 0 Å². The van der Waals surface area contributed by atoms with Gasteiger partial charge in [-0.2, -0.15) is 5.26 Å². The van der Waals surface area contributed by atoms with Gasteiger partial charge in [-0.15, -0.1) is 0 Å². The highest BCUT2D eigenvalue weighted by molar-refractivity contribution is 7.22. The van der Waals surface area contributed by atoms with Gasteiger partial charge < -0.3 is 11.1 Å². The normalized spacial score (nSPS) is 10.7. The van der Waals surface area contributed by atoms with E-state index in [1.165, 1.54) is 11.3 Å². The summed E-state index contributed by atoms with van der Waals surface area (Å²) < 4.78 is 0.943. The first-order valence-corrected chi connectivity index (χ1v) is 6.91. The fourth-order valence-corrected chi connectivity index (χ4v) is 2.65. The lowest BCUT2D eigenvalue weighted by molar-refractivity contribution is -0.117. The molecule has 20 heavy (non-hydrogen) atoms. The van der Waals surface area contributed by atoms with Crippen LogP contribution in [-0.4, -0.2) is 35.9 Å². The number of amides is 1. The van der Waals surface area contributed by atoms with E-state index in [0.717, 1.165) is 10.2 Å². The average Bonchev–Trinajstić information content (AvgIpc) is 2.77. The zero-order chi connectivity index (χ0) is 14.5. The van der Waals surface area contributed by atoms with E-state index in [1.54, 1.807) is 18.0 Å². The number of hydrogen-bond donors (Lipinski definition) is 2. The number of carbonyl (C=O) groups excluding carboxylic acids is 1. The number of nitriles is 1. The molecule has 2 rings (SSSR count). The van der Waals surface area contributed by atoms with Gasteiger partial charge in [0, 0.05) is 18.7 Å². The second-order valence-corrected chi connectivity index (χ2v) is 5.47. The van der Waals surface area contributed by atoms with Gasteiger partial charge in [0.05, 0.1) is 22.8 Å². The largest absolute Gasteiger partial charge is 0.399 e. The highest BCUT2D eigenvalue weighted by atomic mass is 32.1. The van der Waals surface area contributed by atoms with Gasteiger partial charge in [0.15, 0.2) is 5.13 Å². The Morgan fingerprint density at radius 1 is 1.60 bits per heavy atom. The molecule has 0 aliphatic carbocycles. The number of hydrogen-bond acceptors (Lipinski definition) is 6. The molecule has 7 heteroatoms. The van der Waals surface area contributed by atoms with Crippen molar-refractivity contribution >= 4 is 38.3 Å². The molecule has 1 heterocycles. The molecule has 0 aliphatic rings. The Morgan fingerprint density at radius 3 is 3.15 bits per heavy atom. The Bertz CT molecular complexity index is 660. The van der Waals surface area contributed by atoms with E-state index in [4.69, 9.17) is 11.0 Å². The summed E-state index contributed by atoms with van der Waals surface area (Å²) in [5, 5.41) is 11.8. The lowest BCUT2D eigenvalue weighted by atomic mass is 10.3. The molecular formula is C13H15N5OS. The SMILES string of the molecule is CN(CCC#N)CC(=O)Nc1nc2ccc(N)cc2s1. The maximum absolute atomic E-state index is 11.8. The summed E-state index contributed by atoms with van der Waals surface area (Å²) in [7, 11) is 1.80. The Balaban J connectivity index is 1.97. The third-order valence-corrected chi connectivity index (χ3v) is 3.61. The Kier molecular flexibility index (Phi) is 4.50. The van der Waals surface area contributed by atoms with Crippen LogP contribution >= 0.6 is 11.3 Å². The second-order valence-electron chi connectivity index (χ2n) is 4.44. The molecule has 0 spiro atoms. The number of likely N-dealkylation sites (N-methyl/N-ethyl adjacent to an activating group) is 1. The summed E-state index contributed by atoms with van der Waals surface area (Å²) in [6.45, 7) is 0.806. The van der Waals surface area contributed by atoms with Crippen LogP contribution in [0.5, 0.6) is 0 Å².